The van der Waals surface area contributed by atoms with Crippen LogP contribution < -0.4 is 5.32 Å². The lowest BCUT2D eigenvalue weighted by Gasteiger charge is -2.25. The van der Waals surface area contributed by atoms with Crippen molar-refractivity contribution in [2.24, 2.45) is 11.8 Å². The van der Waals surface area contributed by atoms with E-state index in [1.54, 1.807) is 0 Å². The molecule has 0 fully saturated rings. The number of β-amino-alcohol motifs (C(OH)–C–C–N with tert-alkyl or cyclic N) is 1. The van der Waals surface area contributed by atoms with Crippen LogP contribution in [-0.4, -0.2) is 24.3 Å². The molecular formula is C10H19NO. The monoisotopic (exact) mass is 169 g/mol. The van der Waals surface area contributed by atoms with Crippen LogP contribution in [0.15, 0.2) is 11.6 Å². The lowest BCUT2D eigenvalue weighted by atomic mass is 9.88. The Bertz CT molecular complexity index is 175. The molecule has 0 aliphatic carbocycles. The summed E-state index contributed by atoms with van der Waals surface area (Å²) in [5.74, 6) is 1.23. The number of hydrogen-bond donors (Lipinski definition) is 2. The molecular weight excluding hydrogens is 150 g/mol. The first-order chi connectivity index (χ1) is 5.61. The molecule has 2 atom stereocenters. The van der Waals surface area contributed by atoms with Crippen molar-refractivity contribution >= 4 is 0 Å². The van der Waals surface area contributed by atoms with Gasteiger partial charge in [0.1, 0.15) is 0 Å². The maximum absolute atomic E-state index is 9.37. The third-order valence-corrected chi connectivity index (χ3v) is 2.67. The van der Waals surface area contributed by atoms with E-state index in [2.05, 4.69) is 26.1 Å². The lowest BCUT2D eigenvalue weighted by Crippen LogP contribution is -2.34. The van der Waals surface area contributed by atoms with E-state index >= 15 is 0 Å². The number of hydrogen-bond acceptors (Lipinski definition) is 2. The topological polar surface area (TPSA) is 32.3 Å². The van der Waals surface area contributed by atoms with E-state index in [9.17, 15) is 5.11 Å². The first kappa shape index (κ1) is 9.75. The van der Waals surface area contributed by atoms with Crippen molar-refractivity contribution in [2.75, 3.05) is 13.1 Å². The van der Waals surface area contributed by atoms with Crippen molar-refractivity contribution < 1.29 is 5.11 Å². The van der Waals surface area contributed by atoms with Crippen LogP contribution in [0.5, 0.6) is 0 Å². The summed E-state index contributed by atoms with van der Waals surface area (Å²) >= 11 is 0. The summed E-state index contributed by atoms with van der Waals surface area (Å²) in [5, 5.41) is 12.6. The predicted octanol–water partition coefficient (Wildman–Crippen LogP) is 1.17. The molecule has 0 aromatic heterocycles. The van der Waals surface area contributed by atoms with Crippen molar-refractivity contribution in [2.45, 2.75) is 26.9 Å². The highest BCUT2D eigenvalue weighted by Gasteiger charge is 2.17. The maximum Gasteiger partial charge on any atom is 0.0848 e. The van der Waals surface area contributed by atoms with Crippen molar-refractivity contribution in [1.29, 1.82) is 0 Å². The number of nitrogens with one attached hydrogen (secondary N) is 1. The van der Waals surface area contributed by atoms with Gasteiger partial charge in [-0.05, 0) is 11.8 Å². The SMILES string of the molecule is CC(C)C(C)C1=CC(O)CNC1. The molecule has 2 N–H and O–H groups in total. The quantitative estimate of drug-likeness (QED) is 0.608. The zero-order chi connectivity index (χ0) is 9.14. The molecule has 1 heterocycles. The highest BCUT2D eigenvalue weighted by atomic mass is 16.3. The summed E-state index contributed by atoms with van der Waals surface area (Å²) in [5.41, 5.74) is 1.35. The van der Waals surface area contributed by atoms with E-state index in [1.165, 1.54) is 5.57 Å². The Kier molecular flexibility index (Phi) is 3.29. The van der Waals surface area contributed by atoms with E-state index in [1.807, 2.05) is 6.08 Å². The molecule has 0 bridgehead atoms. The Morgan fingerprint density at radius 3 is 2.67 bits per heavy atom. The van der Waals surface area contributed by atoms with Gasteiger partial charge in [0.15, 0.2) is 0 Å². The van der Waals surface area contributed by atoms with E-state index in [0.29, 0.717) is 18.4 Å². The first-order valence-electron chi connectivity index (χ1n) is 4.70. The summed E-state index contributed by atoms with van der Waals surface area (Å²) in [6.07, 6.45) is 1.72. The van der Waals surface area contributed by atoms with Gasteiger partial charge in [0, 0.05) is 13.1 Å². The van der Waals surface area contributed by atoms with Gasteiger partial charge in [0.25, 0.3) is 0 Å². The summed E-state index contributed by atoms with van der Waals surface area (Å²) in [6.45, 7) is 8.29. The van der Waals surface area contributed by atoms with E-state index in [4.69, 9.17) is 0 Å². The Morgan fingerprint density at radius 1 is 1.50 bits per heavy atom. The third kappa shape index (κ3) is 2.32. The van der Waals surface area contributed by atoms with Crippen LogP contribution in [0.4, 0.5) is 0 Å². The van der Waals surface area contributed by atoms with Crippen LogP contribution in [0.1, 0.15) is 20.8 Å². The minimum Gasteiger partial charge on any atom is -0.388 e. The first-order valence-corrected chi connectivity index (χ1v) is 4.70. The summed E-state index contributed by atoms with van der Waals surface area (Å²) in [4.78, 5) is 0. The normalized spacial score (nSPS) is 27.1. The van der Waals surface area contributed by atoms with Crippen LogP contribution in [0.25, 0.3) is 0 Å². The van der Waals surface area contributed by atoms with E-state index in [0.717, 1.165) is 6.54 Å². The van der Waals surface area contributed by atoms with Gasteiger partial charge in [0.2, 0.25) is 0 Å². The van der Waals surface area contributed by atoms with Crippen molar-refractivity contribution in [3.05, 3.63) is 11.6 Å². The van der Waals surface area contributed by atoms with Gasteiger partial charge in [-0.25, -0.2) is 0 Å². The fourth-order valence-corrected chi connectivity index (χ4v) is 1.47. The van der Waals surface area contributed by atoms with Gasteiger partial charge in [-0.3, -0.25) is 0 Å². The van der Waals surface area contributed by atoms with Crippen LogP contribution in [-0.2, 0) is 0 Å². The predicted molar refractivity (Wildman–Crippen MR) is 51.0 cm³/mol. The van der Waals surface area contributed by atoms with Gasteiger partial charge in [-0.2, -0.15) is 0 Å². The molecule has 0 radical (unpaired) electrons. The highest BCUT2D eigenvalue weighted by molar-refractivity contribution is 5.14. The molecule has 0 saturated carbocycles. The summed E-state index contributed by atoms with van der Waals surface area (Å²) in [7, 11) is 0. The second-order valence-electron chi connectivity index (χ2n) is 3.97. The van der Waals surface area contributed by atoms with Gasteiger partial charge in [-0.1, -0.05) is 32.4 Å². The molecule has 1 aliphatic rings. The second-order valence-corrected chi connectivity index (χ2v) is 3.97. The fourth-order valence-electron chi connectivity index (χ4n) is 1.47. The molecule has 12 heavy (non-hydrogen) atoms. The zero-order valence-corrected chi connectivity index (χ0v) is 8.17. The van der Waals surface area contributed by atoms with Gasteiger partial charge >= 0.3 is 0 Å². The van der Waals surface area contributed by atoms with Crippen LogP contribution in [0, 0.1) is 11.8 Å². The van der Waals surface area contributed by atoms with Crippen LogP contribution in [0.2, 0.25) is 0 Å². The molecule has 0 saturated heterocycles. The Hall–Kier alpha value is -0.340. The molecule has 0 amide bonds. The molecule has 0 aromatic carbocycles. The van der Waals surface area contributed by atoms with E-state index < -0.39 is 0 Å². The molecule has 1 aliphatic heterocycles. The number of rotatable bonds is 2. The molecule has 2 nitrogen and oxygen atoms in total. The van der Waals surface area contributed by atoms with E-state index in [-0.39, 0.29) is 6.10 Å². The Balaban J connectivity index is 2.61. The molecule has 1 rings (SSSR count). The zero-order valence-electron chi connectivity index (χ0n) is 8.17. The summed E-state index contributed by atoms with van der Waals surface area (Å²) in [6, 6.07) is 0. The third-order valence-electron chi connectivity index (χ3n) is 2.67. The fraction of sp³-hybridized carbons (Fsp3) is 0.800. The van der Waals surface area contributed by atoms with Gasteiger partial charge < -0.3 is 10.4 Å². The van der Waals surface area contributed by atoms with Crippen LogP contribution >= 0.6 is 0 Å². The van der Waals surface area contributed by atoms with Crippen molar-refractivity contribution in [3.8, 4) is 0 Å². The Morgan fingerprint density at radius 2 is 2.17 bits per heavy atom. The Labute approximate surface area is 74.7 Å². The number of aliphatic hydroxyl groups is 1. The average molecular weight is 169 g/mol. The van der Waals surface area contributed by atoms with Crippen molar-refractivity contribution in [3.63, 3.8) is 0 Å². The molecule has 2 heteroatoms. The van der Waals surface area contributed by atoms with Gasteiger partial charge in [0.05, 0.1) is 6.10 Å². The molecule has 2 unspecified atom stereocenters. The van der Waals surface area contributed by atoms with Crippen LogP contribution in [0.3, 0.4) is 0 Å². The lowest BCUT2D eigenvalue weighted by molar-refractivity contribution is 0.209. The summed E-state index contributed by atoms with van der Waals surface area (Å²) < 4.78 is 0. The molecule has 0 aromatic rings. The van der Waals surface area contributed by atoms with Gasteiger partial charge in [-0.15, -0.1) is 0 Å². The molecule has 0 spiro atoms. The maximum atomic E-state index is 9.37. The smallest absolute Gasteiger partial charge is 0.0848 e. The number of aliphatic hydroxyl groups excluding tert-OH is 1. The standard InChI is InChI=1S/C10H19NO/c1-7(2)8(3)9-4-10(12)6-11-5-9/h4,7-8,10-12H,5-6H2,1-3H3. The highest BCUT2D eigenvalue weighted by Crippen LogP contribution is 2.20. The minimum absolute atomic E-state index is 0.282. The largest absolute Gasteiger partial charge is 0.388 e. The second kappa shape index (κ2) is 4.06. The molecule has 70 valence electrons. The minimum atomic E-state index is -0.282. The average Bonchev–Trinajstić information content (AvgIpc) is 2.03. The van der Waals surface area contributed by atoms with Crippen molar-refractivity contribution in [1.82, 2.24) is 5.32 Å².